The van der Waals surface area contributed by atoms with Crippen LogP contribution in [0.4, 0.5) is 5.69 Å². The van der Waals surface area contributed by atoms with E-state index in [1.165, 1.54) is 4.88 Å². The van der Waals surface area contributed by atoms with Crippen LogP contribution >= 0.6 is 22.9 Å². The second kappa shape index (κ2) is 7.85. The number of hydrogen-bond donors (Lipinski definition) is 1. The van der Waals surface area contributed by atoms with Crippen LogP contribution in [-0.4, -0.2) is 28.9 Å². The molecule has 1 N–H and O–H groups in total. The Kier molecular flexibility index (Phi) is 5.56. The van der Waals surface area contributed by atoms with E-state index in [4.69, 9.17) is 11.6 Å². The lowest BCUT2D eigenvalue weighted by Gasteiger charge is -2.21. The molecular formula is C19H20ClN3OS. The lowest BCUT2D eigenvalue weighted by molar-refractivity contribution is 0.0773. The van der Waals surface area contributed by atoms with Crippen LogP contribution in [0, 0.1) is 0 Å². The SMILES string of the molecule is CCN(CC)C(=O)c1cnc2ccc(Cl)cc2c1NCc1cccs1. The maximum Gasteiger partial charge on any atom is 0.257 e. The predicted octanol–water partition coefficient (Wildman–Crippen LogP) is 5.04. The minimum Gasteiger partial charge on any atom is -0.379 e. The van der Waals surface area contributed by atoms with Crippen molar-refractivity contribution >= 4 is 45.4 Å². The Balaban J connectivity index is 2.08. The first kappa shape index (κ1) is 17.7. The largest absolute Gasteiger partial charge is 0.379 e. The number of benzene rings is 1. The highest BCUT2D eigenvalue weighted by Gasteiger charge is 2.19. The zero-order valence-electron chi connectivity index (χ0n) is 14.3. The Morgan fingerprint density at radius 2 is 2.08 bits per heavy atom. The smallest absolute Gasteiger partial charge is 0.257 e. The van der Waals surface area contributed by atoms with Gasteiger partial charge in [0.2, 0.25) is 0 Å². The lowest BCUT2D eigenvalue weighted by atomic mass is 10.1. The molecule has 0 aliphatic heterocycles. The molecule has 0 aliphatic carbocycles. The van der Waals surface area contributed by atoms with E-state index in [2.05, 4.69) is 16.4 Å². The fraction of sp³-hybridized carbons (Fsp3) is 0.263. The number of carbonyl (C=O) groups excluding carboxylic acids is 1. The highest BCUT2D eigenvalue weighted by atomic mass is 35.5. The number of nitrogens with zero attached hydrogens (tertiary/aromatic N) is 2. The third kappa shape index (κ3) is 3.78. The summed E-state index contributed by atoms with van der Waals surface area (Å²) in [5.74, 6) is -0.0203. The topological polar surface area (TPSA) is 45.2 Å². The summed E-state index contributed by atoms with van der Waals surface area (Å²) in [7, 11) is 0. The normalized spacial score (nSPS) is 10.8. The minimum absolute atomic E-state index is 0.0203. The van der Waals surface area contributed by atoms with Gasteiger partial charge >= 0.3 is 0 Å². The molecule has 2 heterocycles. The van der Waals surface area contributed by atoms with E-state index >= 15 is 0 Å². The molecule has 1 aromatic carbocycles. The zero-order valence-corrected chi connectivity index (χ0v) is 15.8. The van der Waals surface area contributed by atoms with Crippen molar-refractivity contribution in [2.75, 3.05) is 18.4 Å². The van der Waals surface area contributed by atoms with Crippen molar-refractivity contribution in [3.05, 3.63) is 57.4 Å². The number of amides is 1. The summed E-state index contributed by atoms with van der Waals surface area (Å²) in [6.45, 7) is 5.93. The van der Waals surface area contributed by atoms with Gasteiger partial charge in [-0.05, 0) is 43.5 Å². The summed E-state index contributed by atoms with van der Waals surface area (Å²) < 4.78 is 0. The molecule has 0 atom stereocenters. The zero-order chi connectivity index (χ0) is 17.8. The molecule has 130 valence electrons. The number of pyridine rings is 1. The molecule has 0 spiro atoms. The Bertz CT molecular complexity index is 876. The Hall–Kier alpha value is -2.11. The number of aromatic nitrogens is 1. The van der Waals surface area contributed by atoms with Crippen molar-refractivity contribution in [2.45, 2.75) is 20.4 Å². The second-order valence-electron chi connectivity index (χ2n) is 5.62. The maximum absolute atomic E-state index is 12.9. The van der Waals surface area contributed by atoms with Crippen LogP contribution in [-0.2, 0) is 6.54 Å². The average molecular weight is 374 g/mol. The van der Waals surface area contributed by atoms with Crippen molar-refractivity contribution in [1.29, 1.82) is 0 Å². The highest BCUT2D eigenvalue weighted by molar-refractivity contribution is 7.09. The van der Waals surface area contributed by atoms with Gasteiger partial charge in [-0.15, -0.1) is 11.3 Å². The van der Waals surface area contributed by atoms with Crippen molar-refractivity contribution < 1.29 is 4.79 Å². The van der Waals surface area contributed by atoms with Crippen molar-refractivity contribution in [3.8, 4) is 0 Å². The molecule has 4 nitrogen and oxygen atoms in total. The third-order valence-electron chi connectivity index (χ3n) is 4.13. The van der Waals surface area contributed by atoms with Crippen LogP contribution in [0.5, 0.6) is 0 Å². The van der Waals surface area contributed by atoms with Crippen molar-refractivity contribution in [2.24, 2.45) is 0 Å². The number of nitrogens with one attached hydrogen (secondary N) is 1. The van der Waals surface area contributed by atoms with Gasteiger partial charge in [0.25, 0.3) is 5.91 Å². The van der Waals surface area contributed by atoms with Crippen LogP contribution in [0.2, 0.25) is 5.02 Å². The molecule has 2 aromatic heterocycles. The van der Waals surface area contributed by atoms with Crippen LogP contribution < -0.4 is 5.32 Å². The van der Waals surface area contributed by atoms with Gasteiger partial charge < -0.3 is 10.2 Å². The van der Waals surface area contributed by atoms with Gasteiger partial charge in [-0.3, -0.25) is 9.78 Å². The van der Waals surface area contributed by atoms with Crippen LogP contribution in [0.1, 0.15) is 29.1 Å². The molecule has 0 fully saturated rings. The lowest BCUT2D eigenvalue weighted by Crippen LogP contribution is -2.31. The van der Waals surface area contributed by atoms with Gasteiger partial charge in [-0.25, -0.2) is 0 Å². The fourth-order valence-corrected chi connectivity index (χ4v) is 3.60. The summed E-state index contributed by atoms with van der Waals surface area (Å²) in [4.78, 5) is 20.4. The summed E-state index contributed by atoms with van der Waals surface area (Å²) in [6.07, 6.45) is 1.66. The average Bonchev–Trinajstić information content (AvgIpc) is 3.14. The quantitative estimate of drug-likeness (QED) is 0.658. The van der Waals surface area contributed by atoms with Gasteiger partial charge in [-0.1, -0.05) is 17.7 Å². The molecule has 3 rings (SSSR count). The molecule has 6 heteroatoms. The number of hydrogen-bond acceptors (Lipinski definition) is 4. The number of fused-ring (bicyclic) bond motifs is 1. The summed E-state index contributed by atoms with van der Waals surface area (Å²) >= 11 is 7.87. The van der Waals surface area contributed by atoms with E-state index < -0.39 is 0 Å². The molecule has 0 saturated heterocycles. The first-order chi connectivity index (χ1) is 12.1. The van der Waals surface area contributed by atoms with Gasteiger partial charge in [0.05, 0.1) is 16.8 Å². The minimum atomic E-state index is -0.0203. The summed E-state index contributed by atoms with van der Waals surface area (Å²) in [5.41, 5.74) is 2.18. The Morgan fingerprint density at radius 1 is 1.28 bits per heavy atom. The molecule has 0 saturated carbocycles. The molecule has 0 unspecified atom stereocenters. The number of halogens is 1. The molecule has 0 bridgehead atoms. The van der Waals surface area contributed by atoms with E-state index in [-0.39, 0.29) is 5.91 Å². The summed E-state index contributed by atoms with van der Waals surface area (Å²) in [5, 5.41) is 6.97. The van der Waals surface area contributed by atoms with Crippen LogP contribution in [0.15, 0.2) is 41.9 Å². The first-order valence-corrected chi connectivity index (χ1v) is 9.53. The van der Waals surface area contributed by atoms with E-state index in [9.17, 15) is 4.79 Å². The number of thiophene rings is 1. The monoisotopic (exact) mass is 373 g/mol. The van der Waals surface area contributed by atoms with Gasteiger partial charge in [0.15, 0.2) is 0 Å². The molecule has 1 amide bonds. The van der Waals surface area contributed by atoms with Crippen LogP contribution in [0.25, 0.3) is 10.9 Å². The van der Waals surface area contributed by atoms with Gasteiger partial charge in [0, 0.05) is 41.1 Å². The van der Waals surface area contributed by atoms with Gasteiger partial charge in [0.1, 0.15) is 0 Å². The van der Waals surface area contributed by atoms with E-state index in [0.29, 0.717) is 30.2 Å². The maximum atomic E-state index is 12.9. The Labute approximate surface area is 156 Å². The highest BCUT2D eigenvalue weighted by Crippen LogP contribution is 2.30. The molecular weight excluding hydrogens is 354 g/mol. The number of anilines is 1. The molecule has 0 radical (unpaired) electrons. The van der Waals surface area contributed by atoms with Crippen molar-refractivity contribution in [3.63, 3.8) is 0 Å². The number of carbonyl (C=O) groups is 1. The molecule has 25 heavy (non-hydrogen) atoms. The van der Waals surface area contributed by atoms with E-state index in [0.717, 1.165) is 16.6 Å². The number of rotatable bonds is 6. The standard InChI is InChI=1S/C19H20ClN3OS/c1-3-23(4-2)19(24)16-12-21-17-8-7-13(20)10-15(17)18(16)22-11-14-6-5-9-25-14/h5-10,12H,3-4,11H2,1-2H3,(H,21,22). The fourth-order valence-electron chi connectivity index (χ4n) is 2.79. The molecule has 3 aromatic rings. The van der Waals surface area contributed by atoms with Gasteiger partial charge in [-0.2, -0.15) is 0 Å². The van der Waals surface area contributed by atoms with E-state index in [1.807, 2.05) is 43.5 Å². The predicted molar refractivity (Wildman–Crippen MR) is 106 cm³/mol. The van der Waals surface area contributed by atoms with E-state index in [1.54, 1.807) is 22.4 Å². The third-order valence-corrected chi connectivity index (χ3v) is 5.24. The second-order valence-corrected chi connectivity index (χ2v) is 7.09. The summed E-state index contributed by atoms with van der Waals surface area (Å²) in [6, 6.07) is 9.64. The first-order valence-electron chi connectivity index (χ1n) is 8.27. The van der Waals surface area contributed by atoms with Crippen molar-refractivity contribution in [1.82, 2.24) is 9.88 Å². The van der Waals surface area contributed by atoms with Crippen LogP contribution in [0.3, 0.4) is 0 Å². The molecule has 0 aliphatic rings. The Morgan fingerprint density at radius 3 is 2.76 bits per heavy atom.